The quantitative estimate of drug-likeness (QED) is 0.804. The van der Waals surface area contributed by atoms with Crippen molar-refractivity contribution in [1.82, 2.24) is 4.98 Å². The zero-order valence-electron chi connectivity index (χ0n) is 13.2. The third kappa shape index (κ3) is 1.87. The second-order valence-corrected chi connectivity index (χ2v) is 5.21. The van der Waals surface area contributed by atoms with Crippen molar-refractivity contribution in [2.24, 2.45) is 0 Å². The summed E-state index contributed by atoms with van der Waals surface area (Å²) in [6.45, 7) is 1.09. The van der Waals surface area contributed by atoms with Crippen LogP contribution < -0.4 is 23.7 Å². The molecule has 0 atom stereocenters. The van der Waals surface area contributed by atoms with Crippen molar-refractivity contribution in [2.75, 3.05) is 34.5 Å². The molecule has 0 amide bonds. The van der Waals surface area contributed by atoms with Gasteiger partial charge in [-0.05, 0) is 18.2 Å². The van der Waals surface area contributed by atoms with Gasteiger partial charge in [-0.2, -0.15) is 0 Å². The molecule has 1 aromatic heterocycles. The summed E-state index contributed by atoms with van der Waals surface area (Å²) in [4.78, 5) is 3.39. The van der Waals surface area contributed by atoms with Crippen LogP contribution in [0.5, 0.6) is 28.7 Å². The normalized spacial score (nSPS) is 13.3. The van der Waals surface area contributed by atoms with Gasteiger partial charge in [-0.3, -0.25) is 0 Å². The highest BCUT2D eigenvalue weighted by Gasteiger charge is 2.23. The Kier molecular flexibility index (Phi) is 3.11. The molecule has 0 unspecified atom stereocenters. The van der Waals surface area contributed by atoms with Crippen molar-refractivity contribution in [2.45, 2.75) is 0 Å². The molecule has 1 N–H and O–H groups in total. The van der Waals surface area contributed by atoms with E-state index in [0.29, 0.717) is 30.5 Å². The van der Waals surface area contributed by atoms with Crippen LogP contribution in [-0.4, -0.2) is 39.5 Å². The highest BCUT2D eigenvalue weighted by atomic mass is 16.6. The zero-order valence-corrected chi connectivity index (χ0v) is 13.2. The van der Waals surface area contributed by atoms with Crippen molar-refractivity contribution in [3.63, 3.8) is 0 Å². The molecule has 0 aliphatic carbocycles. The average molecular weight is 315 g/mol. The summed E-state index contributed by atoms with van der Waals surface area (Å²) in [5.41, 5.74) is 1.72. The van der Waals surface area contributed by atoms with E-state index in [1.165, 1.54) is 0 Å². The molecule has 0 spiro atoms. The van der Waals surface area contributed by atoms with Crippen LogP contribution in [0.3, 0.4) is 0 Å². The van der Waals surface area contributed by atoms with Gasteiger partial charge in [0.1, 0.15) is 13.2 Å². The number of ether oxygens (including phenoxy) is 5. The number of aromatic amines is 1. The molecule has 6 nitrogen and oxygen atoms in total. The Morgan fingerprint density at radius 2 is 1.65 bits per heavy atom. The number of rotatable bonds is 3. The maximum absolute atomic E-state index is 5.79. The lowest BCUT2D eigenvalue weighted by Crippen LogP contribution is -2.15. The Labute approximate surface area is 132 Å². The van der Waals surface area contributed by atoms with Gasteiger partial charge in [-0.1, -0.05) is 0 Å². The molecule has 2 aromatic carbocycles. The Morgan fingerprint density at radius 3 is 2.39 bits per heavy atom. The van der Waals surface area contributed by atoms with E-state index in [1.807, 2.05) is 18.2 Å². The van der Waals surface area contributed by atoms with Crippen molar-refractivity contribution in [1.29, 1.82) is 0 Å². The van der Waals surface area contributed by atoms with Gasteiger partial charge >= 0.3 is 0 Å². The molecule has 120 valence electrons. The van der Waals surface area contributed by atoms with Crippen LogP contribution in [0.1, 0.15) is 0 Å². The first-order valence-electron chi connectivity index (χ1n) is 7.31. The summed E-state index contributed by atoms with van der Waals surface area (Å²) in [6.07, 6.45) is 0. The number of aromatic nitrogens is 1. The van der Waals surface area contributed by atoms with E-state index >= 15 is 0 Å². The van der Waals surface area contributed by atoms with E-state index in [9.17, 15) is 0 Å². The molecule has 2 heterocycles. The molecule has 0 radical (unpaired) electrons. The Hall–Kier alpha value is -2.76. The minimum Gasteiger partial charge on any atom is -0.493 e. The van der Waals surface area contributed by atoms with Gasteiger partial charge in [0.2, 0.25) is 5.75 Å². The van der Waals surface area contributed by atoms with Gasteiger partial charge in [0.15, 0.2) is 23.0 Å². The molecule has 0 saturated heterocycles. The monoisotopic (exact) mass is 315 g/mol. The predicted molar refractivity (Wildman–Crippen MR) is 86.5 cm³/mol. The first kappa shape index (κ1) is 13.9. The van der Waals surface area contributed by atoms with E-state index in [1.54, 1.807) is 21.3 Å². The van der Waals surface area contributed by atoms with Crippen LogP contribution in [0.15, 0.2) is 18.2 Å². The minimum atomic E-state index is 0.533. The van der Waals surface area contributed by atoms with Crippen molar-refractivity contribution < 1.29 is 23.7 Å². The van der Waals surface area contributed by atoms with Crippen LogP contribution >= 0.6 is 0 Å². The Balaban J connectivity index is 2.12. The number of benzene rings is 2. The highest BCUT2D eigenvalue weighted by Crippen LogP contribution is 2.48. The van der Waals surface area contributed by atoms with Crippen molar-refractivity contribution in [3.8, 4) is 28.7 Å². The molecule has 4 rings (SSSR count). The van der Waals surface area contributed by atoms with Crippen molar-refractivity contribution in [3.05, 3.63) is 18.2 Å². The van der Waals surface area contributed by atoms with Gasteiger partial charge in [-0.25, -0.2) is 0 Å². The average Bonchev–Trinajstić information content (AvgIpc) is 2.98. The van der Waals surface area contributed by atoms with Gasteiger partial charge in [0.25, 0.3) is 0 Å². The van der Waals surface area contributed by atoms with E-state index in [2.05, 4.69) is 4.98 Å². The summed E-state index contributed by atoms with van der Waals surface area (Å²) in [6, 6.07) is 5.87. The van der Waals surface area contributed by atoms with Crippen LogP contribution in [-0.2, 0) is 0 Å². The first-order valence-corrected chi connectivity index (χ1v) is 7.31. The summed E-state index contributed by atoms with van der Waals surface area (Å²) in [7, 11) is 4.81. The third-order valence-electron chi connectivity index (χ3n) is 4.08. The summed E-state index contributed by atoms with van der Waals surface area (Å²) in [5, 5.41) is 2.00. The predicted octanol–water partition coefficient (Wildman–Crippen LogP) is 3.12. The molecule has 3 aromatic rings. The van der Waals surface area contributed by atoms with Crippen LogP contribution in [0.25, 0.3) is 21.8 Å². The highest BCUT2D eigenvalue weighted by molar-refractivity contribution is 6.13. The summed E-state index contributed by atoms with van der Waals surface area (Å²) < 4.78 is 27.9. The molecule has 0 saturated carbocycles. The SMILES string of the molecule is COc1cc2c([nH]c3c4c(ccc32)OCCO4)c(OC)c1OC. The largest absolute Gasteiger partial charge is 0.493 e. The third-order valence-corrected chi connectivity index (χ3v) is 4.08. The number of hydrogen-bond donors (Lipinski definition) is 1. The number of hydrogen-bond acceptors (Lipinski definition) is 5. The molecule has 1 aliphatic heterocycles. The summed E-state index contributed by atoms with van der Waals surface area (Å²) in [5.74, 6) is 3.24. The molecule has 6 heteroatoms. The number of H-pyrrole nitrogens is 1. The zero-order chi connectivity index (χ0) is 16.0. The maximum Gasteiger partial charge on any atom is 0.205 e. The molecule has 1 aliphatic rings. The Morgan fingerprint density at radius 1 is 0.870 bits per heavy atom. The number of methoxy groups -OCH3 is 3. The number of fused-ring (bicyclic) bond motifs is 5. The fourth-order valence-electron chi connectivity index (χ4n) is 3.08. The second-order valence-electron chi connectivity index (χ2n) is 5.21. The van der Waals surface area contributed by atoms with E-state index in [0.717, 1.165) is 33.3 Å². The molecule has 23 heavy (non-hydrogen) atoms. The lowest BCUT2D eigenvalue weighted by Gasteiger charge is -2.18. The topological polar surface area (TPSA) is 61.9 Å². The number of nitrogens with one attached hydrogen (secondary N) is 1. The fraction of sp³-hybridized carbons (Fsp3) is 0.294. The Bertz CT molecular complexity index is 899. The van der Waals surface area contributed by atoms with Crippen molar-refractivity contribution >= 4 is 21.8 Å². The molecule has 0 fully saturated rings. The standard InChI is InChI=1S/C17H17NO5/c1-19-12-8-10-9-4-5-11-15(23-7-6-22-11)13(9)18-14(10)17(21-3)16(12)20-2/h4-5,8,18H,6-7H2,1-3H3. The second kappa shape index (κ2) is 5.15. The molecular formula is C17H17NO5. The lowest BCUT2D eigenvalue weighted by molar-refractivity contribution is 0.173. The summed E-state index contributed by atoms with van der Waals surface area (Å²) >= 11 is 0. The maximum atomic E-state index is 5.79. The van der Waals surface area contributed by atoms with E-state index in [-0.39, 0.29) is 0 Å². The fourth-order valence-corrected chi connectivity index (χ4v) is 3.08. The lowest BCUT2D eigenvalue weighted by atomic mass is 10.1. The molecular weight excluding hydrogens is 298 g/mol. The smallest absolute Gasteiger partial charge is 0.205 e. The van der Waals surface area contributed by atoms with Gasteiger partial charge in [0.05, 0.1) is 32.4 Å². The first-order chi connectivity index (χ1) is 11.3. The van der Waals surface area contributed by atoms with Crippen LogP contribution in [0.2, 0.25) is 0 Å². The van der Waals surface area contributed by atoms with Crippen LogP contribution in [0, 0.1) is 0 Å². The molecule has 0 bridgehead atoms. The van der Waals surface area contributed by atoms with Gasteiger partial charge in [-0.15, -0.1) is 0 Å². The van der Waals surface area contributed by atoms with E-state index in [4.69, 9.17) is 23.7 Å². The van der Waals surface area contributed by atoms with Gasteiger partial charge in [0, 0.05) is 10.8 Å². The minimum absolute atomic E-state index is 0.533. The van der Waals surface area contributed by atoms with E-state index < -0.39 is 0 Å². The van der Waals surface area contributed by atoms with Gasteiger partial charge < -0.3 is 28.7 Å². The van der Waals surface area contributed by atoms with Crippen LogP contribution in [0.4, 0.5) is 0 Å².